The molecule has 2 atom stereocenters. The summed E-state index contributed by atoms with van der Waals surface area (Å²) in [5.41, 5.74) is 0. The van der Waals surface area contributed by atoms with Crippen molar-refractivity contribution in [3.05, 3.63) is 12.2 Å². The van der Waals surface area contributed by atoms with Crippen molar-refractivity contribution in [2.75, 3.05) is 7.11 Å². The largest absolute Gasteiger partial charge is 0.469 e. The fourth-order valence-electron chi connectivity index (χ4n) is 3.15. The molecule has 0 aromatic rings. The van der Waals surface area contributed by atoms with Crippen molar-refractivity contribution < 1.29 is 14.3 Å². The van der Waals surface area contributed by atoms with Crippen LogP contribution in [-0.4, -0.2) is 25.3 Å². The van der Waals surface area contributed by atoms with E-state index in [1.54, 1.807) is 0 Å². The van der Waals surface area contributed by atoms with Crippen LogP contribution in [0.25, 0.3) is 0 Å². The first-order valence-electron chi connectivity index (χ1n) is 10.1. The molecule has 0 amide bonds. The van der Waals surface area contributed by atoms with Gasteiger partial charge in [0.15, 0.2) is 0 Å². The lowest BCUT2D eigenvalue weighted by atomic mass is 10.1. The Morgan fingerprint density at radius 2 is 1.46 bits per heavy atom. The fraction of sp³-hybridized carbons (Fsp3) is 0.857. The van der Waals surface area contributed by atoms with Crippen molar-refractivity contribution in [2.24, 2.45) is 0 Å². The van der Waals surface area contributed by atoms with E-state index in [-0.39, 0.29) is 5.97 Å². The standard InChI is InChI=1S/C21H38O3/c1-3-19-20(24-19)17-15-13-11-9-7-5-4-6-8-10-12-14-16-18-21(22)23-2/h4,6,19-20H,3,5,7-18H2,1-2H3. The number of epoxide rings is 1. The van der Waals surface area contributed by atoms with Gasteiger partial charge in [-0.2, -0.15) is 0 Å². The fourth-order valence-corrected chi connectivity index (χ4v) is 3.15. The second-order valence-corrected chi connectivity index (χ2v) is 6.97. The van der Waals surface area contributed by atoms with Gasteiger partial charge in [0.25, 0.3) is 0 Å². The first kappa shape index (κ1) is 21.2. The minimum atomic E-state index is -0.0825. The Bertz CT molecular complexity index is 338. The van der Waals surface area contributed by atoms with E-state index in [0.717, 1.165) is 12.8 Å². The summed E-state index contributed by atoms with van der Waals surface area (Å²) in [4.78, 5) is 10.9. The van der Waals surface area contributed by atoms with E-state index < -0.39 is 0 Å². The summed E-state index contributed by atoms with van der Waals surface area (Å²) < 4.78 is 10.2. The highest BCUT2D eigenvalue weighted by atomic mass is 16.6. The number of hydrogen-bond acceptors (Lipinski definition) is 3. The molecule has 1 aliphatic heterocycles. The molecule has 1 aliphatic rings. The molecule has 0 spiro atoms. The van der Waals surface area contributed by atoms with Gasteiger partial charge in [-0.3, -0.25) is 4.79 Å². The Kier molecular flexibility index (Phi) is 12.8. The summed E-state index contributed by atoms with van der Waals surface area (Å²) in [7, 11) is 1.46. The van der Waals surface area contributed by atoms with Crippen molar-refractivity contribution in [3.8, 4) is 0 Å². The minimum absolute atomic E-state index is 0.0825. The Hall–Kier alpha value is -0.830. The monoisotopic (exact) mass is 338 g/mol. The van der Waals surface area contributed by atoms with E-state index in [9.17, 15) is 4.79 Å². The molecule has 24 heavy (non-hydrogen) atoms. The SMILES string of the molecule is CCC1OC1CCCCCCCC=CCCCCCCC(=O)OC. The molecule has 2 unspecified atom stereocenters. The number of unbranched alkanes of at least 4 members (excludes halogenated alkanes) is 9. The van der Waals surface area contributed by atoms with Crippen molar-refractivity contribution in [1.29, 1.82) is 0 Å². The van der Waals surface area contributed by atoms with Crippen LogP contribution in [0.1, 0.15) is 96.8 Å². The maximum absolute atomic E-state index is 10.9. The molecule has 0 N–H and O–H groups in total. The topological polar surface area (TPSA) is 38.8 Å². The molecule has 1 saturated heterocycles. The minimum Gasteiger partial charge on any atom is -0.469 e. The average Bonchev–Trinajstić information content (AvgIpc) is 3.36. The van der Waals surface area contributed by atoms with Crippen LogP contribution in [-0.2, 0) is 14.3 Å². The van der Waals surface area contributed by atoms with Gasteiger partial charge in [-0.1, -0.05) is 57.6 Å². The molecule has 1 heterocycles. The van der Waals surface area contributed by atoms with Gasteiger partial charge in [-0.05, 0) is 44.9 Å². The smallest absolute Gasteiger partial charge is 0.305 e. The molecule has 3 heteroatoms. The van der Waals surface area contributed by atoms with E-state index in [2.05, 4.69) is 23.8 Å². The number of carbonyl (C=O) groups is 1. The summed E-state index contributed by atoms with van der Waals surface area (Å²) in [6, 6.07) is 0. The highest BCUT2D eigenvalue weighted by molar-refractivity contribution is 5.68. The highest BCUT2D eigenvalue weighted by Crippen LogP contribution is 2.29. The van der Waals surface area contributed by atoms with E-state index in [4.69, 9.17) is 4.74 Å². The zero-order valence-corrected chi connectivity index (χ0v) is 15.9. The number of carbonyl (C=O) groups excluding carboxylic acids is 1. The molecule has 0 saturated carbocycles. The Morgan fingerprint density at radius 3 is 2.04 bits per heavy atom. The molecule has 1 fully saturated rings. The summed E-state index contributed by atoms with van der Waals surface area (Å²) in [6.07, 6.45) is 22.6. The molecule has 0 aromatic carbocycles. The molecule has 0 aliphatic carbocycles. The lowest BCUT2D eigenvalue weighted by Crippen LogP contribution is -1.98. The molecular formula is C21H38O3. The van der Waals surface area contributed by atoms with Crippen LogP contribution in [0.3, 0.4) is 0 Å². The zero-order chi connectivity index (χ0) is 17.5. The highest BCUT2D eigenvalue weighted by Gasteiger charge is 2.35. The van der Waals surface area contributed by atoms with Crippen molar-refractivity contribution >= 4 is 5.97 Å². The van der Waals surface area contributed by atoms with Crippen LogP contribution in [0.4, 0.5) is 0 Å². The second-order valence-electron chi connectivity index (χ2n) is 6.97. The number of hydrogen-bond donors (Lipinski definition) is 0. The Labute approximate surface area is 149 Å². The summed E-state index contributed by atoms with van der Waals surface area (Å²) >= 11 is 0. The van der Waals surface area contributed by atoms with Crippen LogP contribution in [0.15, 0.2) is 12.2 Å². The number of ether oxygens (including phenoxy) is 2. The van der Waals surface area contributed by atoms with Crippen LogP contribution in [0.5, 0.6) is 0 Å². The van der Waals surface area contributed by atoms with Gasteiger partial charge in [0.2, 0.25) is 0 Å². The van der Waals surface area contributed by atoms with Gasteiger partial charge in [0.1, 0.15) is 0 Å². The second kappa shape index (κ2) is 14.5. The first-order valence-corrected chi connectivity index (χ1v) is 10.1. The van der Waals surface area contributed by atoms with Crippen molar-refractivity contribution in [3.63, 3.8) is 0 Å². The third-order valence-corrected chi connectivity index (χ3v) is 4.85. The summed E-state index contributed by atoms with van der Waals surface area (Å²) in [5, 5.41) is 0. The van der Waals surface area contributed by atoms with Crippen LogP contribution >= 0.6 is 0 Å². The number of methoxy groups -OCH3 is 1. The molecule has 0 radical (unpaired) electrons. The van der Waals surface area contributed by atoms with Crippen LogP contribution in [0.2, 0.25) is 0 Å². The van der Waals surface area contributed by atoms with E-state index in [1.807, 2.05) is 0 Å². The summed E-state index contributed by atoms with van der Waals surface area (Å²) in [5.74, 6) is -0.0825. The maximum atomic E-state index is 10.9. The molecule has 140 valence electrons. The van der Waals surface area contributed by atoms with Gasteiger partial charge >= 0.3 is 5.97 Å². The normalized spacial score (nSPS) is 19.8. The lowest BCUT2D eigenvalue weighted by molar-refractivity contribution is -0.140. The van der Waals surface area contributed by atoms with E-state index in [1.165, 1.54) is 77.7 Å². The quantitative estimate of drug-likeness (QED) is 0.151. The maximum Gasteiger partial charge on any atom is 0.305 e. The Balaban J connectivity index is 1.72. The summed E-state index contributed by atoms with van der Waals surface area (Å²) in [6.45, 7) is 2.21. The van der Waals surface area contributed by atoms with Crippen LogP contribution < -0.4 is 0 Å². The zero-order valence-electron chi connectivity index (χ0n) is 15.9. The van der Waals surface area contributed by atoms with Gasteiger partial charge in [0.05, 0.1) is 19.3 Å². The molecule has 0 aromatic heterocycles. The third-order valence-electron chi connectivity index (χ3n) is 4.85. The predicted molar refractivity (Wildman–Crippen MR) is 100 cm³/mol. The van der Waals surface area contributed by atoms with Gasteiger partial charge < -0.3 is 9.47 Å². The van der Waals surface area contributed by atoms with E-state index >= 15 is 0 Å². The first-order chi connectivity index (χ1) is 11.8. The Morgan fingerprint density at radius 1 is 0.875 bits per heavy atom. The number of rotatable bonds is 16. The molecule has 1 rings (SSSR count). The lowest BCUT2D eigenvalue weighted by Gasteiger charge is -2.00. The number of allylic oxidation sites excluding steroid dienone is 2. The van der Waals surface area contributed by atoms with Crippen molar-refractivity contribution in [2.45, 2.75) is 109 Å². The van der Waals surface area contributed by atoms with Crippen LogP contribution in [0, 0.1) is 0 Å². The third kappa shape index (κ3) is 11.7. The van der Waals surface area contributed by atoms with Gasteiger partial charge in [-0.15, -0.1) is 0 Å². The van der Waals surface area contributed by atoms with Gasteiger partial charge in [0, 0.05) is 6.42 Å². The number of esters is 1. The van der Waals surface area contributed by atoms with E-state index in [0.29, 0.717) is 18.6 Å². The molecular weight excluding hydrogens is 300 g/mol. The molecule has 0 bridgehead atoms. The van der Waals surface area contributed by atoms with Gasteiger partial charge in [-0.25, -0.2) is 0 Å². The van der Waals surface area contributed by atoms with Crippen molar-refractivity contribution in [1.82, 2.24) is 0 Å². The average molecular weight is 339 g/mol. The predicted octanol–water partition coefficient (Wildman–Crippen LogP) is 5.96. The molecule has 3 nitrogen and oxygen atoms in total.